The predicted molar refractivity (Wildman–Crippen MR) is 101 cm³/mol. The van der Waals surface area contributed by atoms with E-state index >= 15 is 0 Å². The molecule has 0 atom stereocenters. The number of rotatable bonds is 4. The number of benzene rings is 2. The highest BCUT2D eigenvalue weighted by atomic mass is 35.5. The van der Waals surface area contributed by atoms with E-state index in [4.69, 9.17) is 27.9 Å². The third kappa shape index (κ3) is 4.85. The van der Waals surface area contributed by atoms with Crippen molar-refractivity contribution in [3.05, 3.63) is 56.1 Å². The Bertz CT molecular complexity index is 947. The minimum Gasteiger partial charge on any atom is -0.454 e. The van der Waals surface area contributed by atoms with Gasteiger partial charge >= 0.3 is 6.18 Å². The second-order valence-corrected chi connectivity index (χ2v) is 6.59. The van der Waals surface area contributed by atoms with Gasteiger partial charge in [0.1, 0.15) is 22.4 Å². The summed E-state index contributed by atoms with van der Waals surface area (Å²) in [4.78, 5) is 16.4. The van der Waals surface area contributed by atoms with Gasteiger partial charge < -0.3 is 9.64 Å². The Hall–Kier alpha value is -2.52. The van der Waals surface area contributed by atoms with Gasteiger partial charge in [0.05, 0.1) is 15.5 Å². The van der Waals surface area contributed by atoms with Gasteiger partial charge in [-0.25, -0.2) is 4.99 Å². The molecule has 0 amide bonds. The Kier molecular flexibility index (Phi) is 6.41. The molecule has 2 aromatic carbocycles. The van der Waals surface area contributed by atoms with E-state index in [0.29, 0.717) is 11.9 Å². The molecule has 0 aromatic heterocycles. The average Bonchev–Trinajstić information content (AvgIpc) is 2.58. The largest absolute Gasteiger partial charge is 0.454 e. The summed E-state index contributed by atoms with van der Waals surface area (Å²) in [6.07, 6.45) is -4.56. The molecule has 0 aliphatic carbocycles. The smallest absolute Gasteiger partial charge is 0.416 e. The van der Waals surface area contributed by atoms with Crippen LogP contribution in [0.25, 0.3) is 0 Å². The van der Waals surface area contributed by atoms with Crippen molar-refractivity contribution in [3.63, 3.8) is 0 Å². The monoisotopic (exact) mass is 435 g/mol. The number of nitrogens with zero attached hydrogens (tertiary/aromatic N) is 3. The van der Waals surface area contributed by atoms with Crippen LogP contribution in [0.15, 0.2) is 35.3 Å². The Morgan fingerprint density at radius 1 is 1.18 bits per heavy atom. The Morgan fingerprint density at radius 3 is 2.29 bits per heavy atom. The molecule has 0 unspecified atom stereocenters. The van der Waals surface area contributed by atoms with Crippen LogP contribution in [-0.4, -0.2) is 29.8 Å². The van der Waals surface area contributed by atoms with Crippen LogP contribution in [0.5, 0.6) is 11.5 Å². The molecule has 150 valence electrons. The van der Waals surface area contributed by atoms with Gasteiger partial charge in [0.15, 0.2) is 5.69 Å². The zero-order valence-electron chi connectivity index (χ0n) is 14.8. The number of nitro groups is 1. The number of aliphatic imine (C=N–C) groups is 1. The van der Waals surface area contributed by atoms with E-state index in [9.17, 15) is 23.3 Å². The molecule has 0 fully saturated rings. The van der Waals surface area contributed by atoms with E-state index in [1.165, 1.54) is 6.07 Å². The Balaban J connectivity index is 2.51. The summed E-state index contributed by atoms with van der Waals surface area (Å²) in [5.74, 6) is 0.304. The van der Waals surface area contributed by atoms with Gasteiger partial charge in [0.2, 0.25) is 0 Å². The van der Waals surface area contributed by atoms with Crippen molar-refractivity contribution < 1.29 is 22.8 Å². The van der Waals surface area contributed by atoms with Crippen LogP contribution < -0.4 is 4.74 Å². The van der Waals surface area contributed by atoms with E-state index in [2.05, 4.69) is 4.99 Å². The van der Waals surface area contributed by atoms with Gasteiger partial charge in [0, 0.05) is 20.2 Å². The molecule has 2 rings (SSSR count). The maximum Gasteiger partial charge on any atom is 0.416 e. The number of hydrogen-bond acceptors (Lipinski definition) is 4. The lowest BCUT2D eigenvalue weighted by molar-refractivity contribution is -0.384. The van der Waals surface area contributed by atoms with Crippen molar-refractivity contribution >= 4 is 40.4 Å². The molecule has 0 N–H and O–H groups in total. The highest BCUT2D eigenvalue weighted by Crippen LogP contribution is 2.44. The lowest BCUT2D eigenvalue weighted by Crippen LogP contribution is -2.17. The SMILES string of the molecule is CC(=Nc1c([N+](=O)[O-])ccc(Oc2ccc(C(F)(F)F)cc2Cl)c1Cl)N(C)C. The fourth-order valence-electron chi connectivity index (χ4n) is 2.01. The highest BCUT2D eigenvalue weighted by molar-refractivity contribution is 6.35. The summed E-state index contributed by atoms with van der Waals surface area (Å²) >= 11 is 12.1. The van der Waals surface area contributed by atoms with Gasteiger partial charge in [-0.3, -0.25) is 10.1 Å². The van der Waals surface area contributed by atoms with E-state index in [1.807, 2.05) is 0 Å². The van der Waals surface area contributed by atoms with Crippen molar-refractivity contribution in [1.29, 1.82) is 0 Å². The van der Waals surface area contributed by atoms with Gasteiger partial charge in [-0.05, 0) is 31.2 Å². The quantitative estimate of drug-likeness (QED) is 0.243. The first-order chi connectivity index (χ1) is 12.9. The van der Waals surface area contributed by atoms with Crippen molar-refractivity contribution in [2.24, 2.45) is 4.99 Å². The predicted octanol–water partition coefficient (Wildman–Crippen LogP) is 6.32. The number of amidine groups is 1. The molecule has 6 nitrogen and oxygen atoms in total. The maximum absolute atomic E-state index is 12.7. The number of hydrogen-bond donors (Lipinski definition) is 0. The summed E-state index contributed by atoms with van der Waals surface area (Å²) in [7, 11) is 3.39. The average molecular weight is 436 g/mol. The van der Waals surface area contributed by atoms with Crippen LogP contribution in [-0.2, 0) is 6.18 Å². The minimum atomic E-state index is -4.56. The van der Waals surface area contributed by atoms with Gasteiger partial charge in [-0.15, -0.1) is 0 Å². The molecular formula is C17H14Cl2F3N3O3. The molecule has 0 saturated carbocycles. The van der Waals surface area contributed by atoms with Crippen LogP contribution in [0.1, 0.15) is 12.5 Å². The second kappa shape index (κ2) is 8.24. The number of halogens is 5. The maximum atomic E-state index is 12.7. The zero-order chi connectivity index (χ0) is 21.2. The Labute approximate surface area is 168 Å². The third-order valence-corrected chi connectivity index (χ3v) is 4.32. The molecule has 0 radical (unpaired) electrons. The first-order valence-electron chi connectivity index (χ1n) is 7.66. The summed E-state index contributed by atoms with van der Waals surface area (Å²) in [5, 5.41) is 10.8. The molecule has 0 aliphatic rings. The van der Waals surface area contributed by atoms with Crippen molar-refractivity contribution in [2.45, 2.75) is 13.1 Å². The van der Waals surface area contributed by atoms with E-state index in [1.54, 1.807) is 25.9 Å². The lowest BCUT2D eigenvalue weighted by atomic mass is 10.2. The number of alkyl halides is 3. The molecule has 0 spiro atoms. The van der Waals surface area contributed by atoms with Crippen LogP contribution in [0, 0.1) is 10.1 Å². The highest BCUT2D eigenvalue weighted by Gasteiger charge is 2.31. The van der Waals surface area contributed by atoms with Crippen LogP contribution in [0.3, 0.4) is 0 Å². The van der Waals surface area contributed by atoms with Crippen molar-refractivity contribution in [1.82, 2.24) is 4.90 Å². The summed E-state index contributed by atoms with van der Waals surface area (Å²) in [5.41, 5.74) is -1.43. The van der Waals surface area contributed by atoms with E-state index < -0.39 is 16.7 Å². The Morgan fingerprint density at radius 2 is 1.79 bits per heavy atom. The summed E-state index contributed by atoms with van der Waals surface area (Å²) < 4.78 is 43.7. The van der Waals surface area contributed by atoms with Crippen molar-refractivity contribution in [3.8, 4) is 11.5 Å². The number of nitro benzene ring substituents is 1. The van der Waals surface area contributed by atoms with Crippen LogP contribution in [0.4, 0.5) is 24.5 Å². The fourth-order valence-corrected chi connectivity index (χ4v) is 2.47. The lowest BCUT2D eigenvalue weighted by Gasteiger charge is -2.14. The van der Waals surface area contributed by atoms with Crippen molar-refractivity contribution in [2.75, 3.05) is 14.1 Å². The van der Waals surface area contributed by atoms with Gasteiger partial charge in [-0.1, -0.05) is 23.2 Å². The molecule has 2 aromatic rings. The molecule has 11 heteroatoms. The first-order valence-corrected chi connectivity index (χ1v) is 8.41. The summed E-state index contributed by atoms with van der Waals surface area (Å²) in [6, 6.07) is 4.91. The fraction of sp³-hybridized carbons (Fsp3) is 0.235. The molecule has 0 aliphatic heterocycles. The summed E-state index contributed by atoms with van der Waals surface area (Å²) in [6.45, 7) is 1.63. The third-order valence-electron chi connectivity index (χ3n) is 3.66. The minimum absolute atomic E-state index is 0.0424. The molecule has 0 heterocycles. The van der Waals surface area contributed by atoms with E-state index in [-0.39, 0.29) is 32.9 Å². The second-order valence-electron chi connectivity index (χ2n) is 5.80. The molecule has 0 saturated heterocycles. The van der Waals surface area contributed by atoms with E-state index in [0.717, 1.165) is 18.2 Å². The van der Waals surface area contributed by atoms with Crippen LogP contribution >= 0.6 is 23.2 Å². The van der Waals surface area contributed by atoms with Gasteiger partial charge in [-0.2, -0.15) is 13.2 Å². The topological polar surface area (TPSA) is 68.0 Å². The van der Waals surface area contributed by atoms with Gasteiger partial charge in [0.25, 0.3) is 5.69 Å². The van der Waals surface area contributed by atoms with Crippen LogP contribution in [0.2, 0.25) is 10.0 Å². The standard InChI is InChI=1S/C17H14Cl2F3N3O3/c1-9(24(2)3)23-16-12(25(26)27)5-7-14(15(16)19)28-13-6-4-10(8-11(13)18)17(20,21)22/h4-8H,1-3H3. The normalized spacial score (nSPS) is 12.1. The molecule has 28 heavy (non-hydrogen) atoms. The number of ether oxygens (including phenoxy) is 1. The molecule has 0 bridgehead atoms. The molecular weight excluding hydrogens is 422 g/mol. The first kappa shape index (κ1) is 21.8. The zero-order valence-corrected chi connectivity index (χ0v) is 16.4.